The van der Waals surface area contributed by atoms with Crippen molar-refractivity contribution in [3.8, 4) is 0 Å². The van der Waals surface area contributed by atoms with E-state index < -0.39 is 38.1 Å². The minimum Gasteiger partial charge on any atom is -0.479 e. The highest BCUT2D eigenvalue weighted by atomic mass is 35.5. The maximum Gasteiger partial charge on any atom is 0.337 e. The lowest BCUT2D eigenvalue weighted by molar-refractivity contribution is -0.180. The van der Waals surface area contributed by atoms with E-state index in [9.17, 15) is 14.7 Å². The fraction of sp³-hybridized carbons (Fsp3) is 0.680. The van der Waals surface area contributed by atoms with Crippen molar-refractivity contribution in [2.75, 3.05) is 6.61 Å². The lowest BCUT2D eigenvalue weighted by Crippen LogP contribution is -2.54. The van der Waals surface area contributed by atoms with E-state index in [4.69, 9.17) is 37.1 Å². The molecule has 0 aliphatic rings. The van der Waals surface area contributed by atoms with E-state index in [1.807, 2.05) is 46.0 Å². The summed E-state index contributed by atoms with van der Waals surface area (Å²) < 4.78 is 17.4. The molecule has 0 bridgehead atoms. The molecule has 34 heavy (non-hydrogen) atoms. The highest BCUT2D eigenvalue weighted by molar-refractivity contribution is 6.74. The molecule has 0 fully saturated rings. The first-order valence-corrected chi connectivity index (χ1v) is 15.3. The molecule has 194 valence electrons. The molecule has 0 amide bonds. The molecule has 0 radical (unpaired) electrons. The highest BCUT2D eigenvalue weighted by Crippen LogP contribution is 2.38. The van der Waals surface area contributed by atoms with Gasteiger partial charge in [-0.2, -0.15) is 0 Å². The first-order valence-electron chi connectivity index (χ1n) is 11.6. The maximum atomic E-state index is 13.0. The van der Waals surface area contributed by atoms with E-state index in [1.54, 1.807) is 26.8 Å². The summed E-state index contributed by atoms with van der Waals surface area (Å²) in [4.78, 5) is 25.1. The van der Waals surface area contributed by atoms with Crippen molar-refractivity contribution in [1.29, 1.82) is 0 Å². The van der Waals surface area contributed by atoms with Gasteiger partial charge < -0.3 is 19.0 Å². The smallest absolute Gasteiger partial charge is 0.337 e. The summed E-state index contributed by atoms with van der Waals surface area (Å²) >= 11 is 12.0. The summed E-state index contributed by atoms with van der Waals surface area (Å²) in [6.45, 7) is 15.4. The Kier molecular flexibility index (Phi) is 11.6. The van der Waals surface area contributed by atoms with E-state index >= 15 is 0 Å². The van der Waals surface area contributed by atoms with Crippen LogP contribution in [-0.2, 0) is 29.9 Å². The van der Waals surface area contributed by atoms with Crippen LogP contribution in [0.5, 0.6) is 0 Å². The van der Waals surface area contributed by atoms with E-state index in [0.29, 0.717) is 16.5 Å². The number of aryl methyl sites for hydroxylation is 1. The third kappa shape index (κ3) is 10.2. The van der Waals surface area contributed by atoms with E-state index in [2.05, 4.69) is 0 Å². The number of benzene rings is 1. The van der Waals surface area contributed by atoms with Crippen LogP contribution in [-0.4, -0.2) is 49.8 Å². The van der Waals surface area contributed by atoms with Gasteiger partial charge in [-0.1, -0.05) is 56.5 Å². The molecule has 9 heteroatoms. The summed E-state index contributed by atoms with van der Waals surface area (Å²) in [6.07, 6.45) is 0.398. The Balaban J connectivity index is 2.79. The van der Waals surface area contributed by atoms with Crippen LogP contribution in [0.15, 0.2) is 18.2 Å². The van der Waals surface area contributed by atoms with Gasteiger partial charge in [0.2, 0.25) is 0 Å². The second kappa shape index (κ2) is 12.7. The van der Waals surface area contributed by atoms with E-state index in [-0.39, 0.29) is 11.6 Å². The van der Waals surface area contributed by atoms with Crippen LogP contribution in [0.3, 0.4) is 0 Å². The number of rotatable bonds is 12. The topological polar surface area (TPSA) is 82.1 Å². The minimum absolute atomic E-state index is 0.193. The molecule has 6 nitrogen and oxygen atoms in total. The van der Waals surface area contributed by atoms with Gasteiger partial charge in [0.1, 0.15) is 5.60 Å². The molecule has 1 aromatic carbocycles. The quantitative estimate of drug-likeness (QED) is 0.178. The Morgan fingerprint density at radius 2 is 1.59 bits per heavy atom. The molecule has 0 aliphatic heterocycles. The third-order valence-corrected chi connectivity index (χ3v) is 11.0. The van der Waals surface area contributed by atoms with Gasteiger partial charge in [0.05, 0.1) is 10.0 Å². The van der Waals surface area contributed by atoms with Crippen molar-refractivity contribution < 1.29 is 28.6 Å². The van der Waals surface area contributed by atoms with Crippen LogP contribution in [0.2, 0.25) is 28.2 Å². The van der Waals surface area contributed by atoms with Gasteiger partial charge in [0, 0.05) is 6.61 Å². The first-order chi connectivity index (χ1) is 15.4. The van der Waals surface area contributed by atoms with Crippen LogP contribution in [0.25, 0.3) is 0 Å². The molecule has 0 saturated heterocycles. The van der Waals surface area contributed by atoms with Crippen molar-refractivity contribution in [3.05, 3.63) is 33.8 Å². The number of aliphatic carboxylic acids is 1. The molecule has 0 aromatic heterocycles. The Morgan fingerprint density at radius 1 is 0.971 bits per heavy atom. The number of hydrogen-bond donors (Lipinski definition) is 1. The fourth-order valence-electron chi connectivity index (χ4n) is 2.89. The zero-order valence-electron chi connectivity index (χ0n) is 21.7. The van der Waals surface area contributed by atoms with Crippen LogP contribution in [0.1, 0.15) is 66.4 Å². The summed E-state index contributed by atoms with van der Waals surface area (Å²) in [7, 11) is -2.49. The zero-order chi connectivity index (χ0) is 26.3. The molecule has 0 spiro atoms. The van der Waals surface area contributed by atoms with Crippen LogP contribution in [0, 0.1) is 0 Å². The molecule has 1 aromatic rings. The number of carboxylic acid groups (broad SMARTS) is 1. The number of hydrogen-bond acceptors (Lipinski definition) is 5. The van der Waals surface area contributed by atoms with Gasteiger partial charge in [-0.05, 0) is 75.9 Å². The average Bonchev–Trinajstić information content (AvgIpc) is 2.66. The summed E-state index contributed by atoms with van der Waals surface area (Å²) in [5.74, 6) is -1.96. The molecule has 0 saturated carbocycles. The number of ether oxygens (including phenoxy) is 2. The van der Waals surface area contributed by atoms with Crippen molar-refractivity contribution in [3.63, 3.8) is 0 Å². The van der Waals surface area contributed by atoms with Crippen molar-refractivity contribution in [2.45, 2.75) is 103 Å². The Morgan fingerprint density at radius 3 is 2.09 bits per heavy atom. The van der Waals surface area contributed by atoms with Crippen LogP contribution in [0.4, 0.5) is 0 Å². The first kappa shape index (κ1) is 30.9. The van der Waals surface area contributed by atoms with Crippen LogP contribution < -0.4 is 0 Å². The largest absolute Gasteiger partial charge is 0.479 e. The number of carbonyl (C=O) groups is 2. The normalized spacial score (nSPS) is 14.5. The summed E-state index contributed by atoms with van der Waals surface area (Å²) in [5, 5.41) is 10.7. The molecule has 0 aliphatic carbocycles. The van der Waals surface area contributed by atoms with Crippen LogP contribution >= 0.6 is 23.2 Å². The van der Waals surface area contributed by atoms with Gasteiger partial charge in [-0.15, -0.1) is 0 Å². The Hall–Kier alpha value is -1.12. The number of esters is 1. The Labute approximate surface area is 215 Å². The number of unbranched alkanes of at least 4 members (excludes halogenated alkanes) is 2. The molecule has 1 rings (SSSR count). The van der Waals surface area contributed by atoms with E-state index in [0.717, 1.165) is 24.8 Å². The van der Waals surface area contributed by atoms with Gasteiger partial charge >= 0.3 is 11.9 Å². The van der Waals surface area contributed by atoms with Gasteiger partial charge in [0.25, 0.3) is 0 Å². The zero-order valence-corrected chi connectivity index (χ0v) is 24.2. The van der Waals surface area contributed by atoms with Crippen molar-refractivity contribution in [1.82, 2.24) is 0 Å². The molecule has 0 unspecified atom stereocenters. The monoisotopic (exact) mass is 534 g/mol. The molecular weight excluding hydrogens is 495 g/mol. The lowest BCUT2D eigenvalue weighted by atomic mass is 10.1. The number of halogens is 2. The molecule has 0 heterocycles. The standard InChI is InChI=1S/C25H40Cl2O6Si/c1-24(2,3)32-23(30)21(33-34(7,8)25(4,5)6)20(22(28)29)31-15-11-9-10-12-17-13-14-18(26)19(27)16-17/h13-14,16,20-21H,9-12,15H2,1-8H3,(H,28,29)/t20-,21-/m1/s1. The fourth-order valence-corrected chi connectivity index (χ4v) is 4.42. The molecule has 2 atom stereocenters. The number of carboxylic acids is 1. The highest BCUT2D eigenvalue weighted by Gasteiger charge is 2.46. The minimum atomic E-state index is -2.49. The predicted octanol–water partition coefficient (Wildman–Crippen LogP) is 6.91. The second-order valence-electron chi connectivity index (χ2n) is 11.0. The van der Waals surface area contributed by atoms with Crippen molar-refractivity contribution >= 4 is 43.5 Å². The lowest BCUT2D eigenvalue weighted by Gasteiger charge is -2.40. The molecular formula is C25H40Cl2O6Si. The van der Waals surface area contributed by atoms with Gasteiger partial charge in [0.15, 0.2) is 20.5 Å². The summed E-state index contributed by atoms with van der Waals surface area (Å²) in [5.41, 5.74) is 0.311. The average molecular weight is 536 g/mol. The SMILES string of the molecule is CC(C)(C)OC(=O)[C@H](O[Si](C)(C)C(C)(C)C)[C@@H](OCCCCCc1ccc(Cl)c(Cl)c1)C(=O)O. The second-order valence-corrected chi connectivity index (χ2v) is 16.6. The van der Waals surface area contributed by atoms with Crippen molar-refractivity contribution in [2.24, 2.45) is 0 Å². The van der Waals surface area contributed by atoms with Gasteiger partial charge in [-0.25, -0.2) is 9.59 Å². The third-order valence-electron chi connectivity index (χ3n) is 5.78. The van der Waals surface area contributed by atoms with E-state index in [1.165, 1.54) is 0 Å². The Bertz CT molecular complexity index is 830. The summed E-state index contributed by atoms with van der Waals surface area (Å²) in [6, 6.07) is 5.57. The predicted molar refractivity (Wildman–Crippen MR) is 139 cm³/mol. The maximum absolute atomic E-state index is 13.0. The van der Waals surface area contributed by atoms with Gasteiger partial charge in [-0.3, -0.25) is 0 Å². The number of carbonyl (C=O) groups excluding carboxylic acids is 1. The molecule has 1 N–H and O–H groups in total.